The van der Waals surface area contributed by atoms with E-state index in [-0.39, 0.29) is 4.90 Å². The molecule has 0 unspecified atom stereocenters. The number of rotatable bonds is 8. The van der Waals surface area contributed by atoms with Crippen LogP contribution in [0.5, 0.6) is 5.75 Å². The number of nitrogens with two attached hydrogens (primary N) is 1. The highest BCUT2D eigenvalue weighted by Crippen LogP contribution is 2.25. The highest BCUT2D eigenvalue weighted by atomic mass is 32.2. The van der Waals surface area contributed by atoms with Crippen LogP contribution in [0.15, 0.2) is 23.1 Å². The molecule has 0 fully saturated rings. The summed E-state index contributed by atoms with van der Waals surface area (Å²) in [4.78, 5) is 0.280. The second-order valence-electron chi connectivity index (χ2n) is 5.39. The Balaban J connectivity index is 3.24. The Morgan fingerprint density at radius 3 is 2.38 bits per heavy atom. The zero-order valence-electron chi connectivity index (χ0n) is 13.3. The van der Waals surface area contributed by atoms with Crippen LogP contribution >= 0.6 is 0 Å². The van der Waals surface area contributed by atoms with E-state index in [1.165, 1.54) is 0 Å². The third-order valence-corrected chi connectivity index (χ3v) is 5.65. The fourth-order valence-electron chi connectivity index (χ4n) is 2.07. The first-order chi connectivity index (χ1) is 9.81. The van der Waals surface area contributed by atoms with Crippen molar-refractivity contribution in [2.45, 2.75) is 50.5 Å². The fourth-order valence-corrected chi connectivity index (χ4v) is 3.87. The maximum atomic E-state index is 12.7. The number of ether oxygens (including phenoxy) is 1. The van der Waals surface area contributed by atoms with Crippen molar-refractivity contribution in [3.05, 3.63) is 23.8 Å². The molecule has 120 valence electrons. The minimum Gasteiger partial charge on any atom is -0.497 e. The Morgan fingerprint density at radius 1 is 1.29 bits per heavy atom. The second kappa shape index (κ2) is 7.24. The molecule has 0 heterocycles. The molecule has 0 saturated carbocycles. The Labute approximate surface area is 127 Å². The molecule has 0 amide bonds. The summed E-state index contributed by atoms with van der Waals surface area (Å²) >= 11 is 0. The molecular weight excluding hydrogens is 288 g/mol. The molecule has 0 spiro atoms. The SMILES string of the molecule is CCC(C)(CC)NS(=O)(=O)c1ccc(OC)cc1CCN. The van der Waals surface area contributed by atoms with Crippen molar-refractivity contribution in [1.29, 1.82) is 0 Å². The first-order valence-corrected chi connectivity index (χ1v) is 8.71. The van der Waals surface area contributed by atoms with Crippen molar-refractivity contribution in [1.82, 2.24) is 4.72 Å². The topological polar surface area (TPSA) is 81.4 Å². The first kappa shape index (κ1) is 17.9. The van der Waals surface area contributed by atoms with Crippen LogP contribution in [0.25, 0.3) is 0 Å². The van der Waals surface area contributed by atoms with Gasteiger partial charge in [0.25, 0.3) is 0 Å². The highest BCUT2D eigenvalue weighted by Gasteiger charge is 2.28. The van der Waals surface area contributed by atoms with Crippen LogP contribution < -0.4 is 15.2 Å². The van der Waals surface area contributed by atoms with Crippen LogP contribution in [0.2, 0.25) is 0 Å². The molecule has 3 N–H and O–H groups in total. The predicted octanol–water partition coefficient (Wildman–Crippen LogP) is 2.05. The van der Waals surface area contributed by atoms with Crippen LogP contribution in [0.1, 0.15) is 39.2 Å². The average molecular weight is 314 g/mol. The van der Waals surface area contributed by atoms with Gasteiger partial charge in [0.1, 0.15) is 5.75 Å². The van der Waals surface area contributed by atoms with Gasteiger partial charge in [-0.05, 0) is 56.5 Å². The molecule has 0 aliphatic carbocycles. The van der Waals surface area contributed by atoms with Crippen LogP contribution in [-0.4, -0.2) is 27.6 Å². The quantitative estimate of drug-likeness (QED) is 0.769. The van der Waals surface area contributed by atoms with Crippen molar-refractivity contribution in [3.8, 4) is 5.75 Å². The van der Waals surface area contributed by atoms with Gasteiger partial charge in [-0.2, -0.15) is 0 Å². The molecule has 1 aromatic carbocycles. The van der Waals surface area contributed by atoms with E-state index in [1.807, 2.05) is 20.8 Å². The smallest absolute Gasteiger partial charge is 0.241 e. The Hall–Kier alpha value is -1.11. The van der Waals surface area contributed by atoms with Crippen molar-refractivity contribution in [2.75, 3.05) is 13.7 Å². The van der Waals surface area contributed by atoms with E-state index < -0.39 is 15.6 Å². The normalized spacial score (nSPS) is 12.4. The minimum atomic E-state index is -3.58. The molecular formula is C15H26N2O3S. The van der Waals surface area contributed by atoms with Gasteiger partial charge in [-0.15, -0.1) is 0 Å². The molecule has 0 aliphatic rings. The maximum absolute atomic E-state index is 12.7. The van der Waals surface area contributed by atoms with Crippen LogP contribution in [0, 0.1) is 0 Å². The molecule has 0 saturated heterocycles. The van der Waals surface area contributed by atoms with Crippen molar-refractivity contribution in [3.63, 3.8) is 0 Å². The molecule has 1 rings (SSSR count). The number of benzene rings is 1. The summed E-state index contributed by atoms with van der Waals surface area (Å²) in [6.07, 6.45) is 1.94. The van der Waals surface area contributed by atoms with Crippen molar-refractivity contribution in [2.24, 2.45) is 5.73 Å². The molecule has 1 aromatic rings. The van der Waals surface area contributed by atoms with E-state index in [2.05, 4.69) is 4.72 Å². The predicted molar refractivity (Wildman–Crippen MR) is 85.1 cm³/mol. The molecule has 0 atom stereocenters. The zero-order chi connectivity index (χ0) is 16.1. The van der Waals surface area contributed by atoms with Crippen molar-refractivity contribution < 1.29 is 13.2 Å². The average Bonchev–Trinajstić information content (AvgIpc) is 2.46. The standard InChI is InChI=1S/C15H26N2O3S/c1-5-15(3,6-2)17-21(18,19)14-8-7-13(20-4)11-12(14)9-10-16/h7-8,11,17H,5-6,9-10,16H2,1-4H3. The van der Waals surface area contributed by atoms with E-state index in [1.54, 1.807) is 25.3 Å². The summed E-state index contributed by atoms with van der Waals surface area (Å²) in [7, 11) is -2.03. The summed E-state index contributed by atoms with van der Waals surface area (Å²) in [5.74, 6) is 0.631. The summed E-state index contributed by atoms with van der Waals surface area (Å²) < 4.78 is 33.3. The third kappa shape index (κ3) is 4.43. The van der Waals surface area contributed by atoms with Gasteiger partial charge in [-0.1, -0.05) is 13.8 Å². The monoisotopic (exact) mass is 314 g/mol. The molecule has 6 heteroatoms. The number of methoxy groups -OCH3 is 1. The lowest BCUT2D eigenvalue weighted by molar-refractivity contribution is 0.388. The Kier molecular flexibility index (Phi) is 6.19. The van der Waals surface area contributed by atoms with Crippen molar-refractivity contribution >= 4 is 10.0 Å². The lowest BCUT2D eigenvalue weighted by Gasteiger charge is -2.28. The third-order valence-electron chi connectivity index (χ3n) is 3.91. The first-order valence-electron chi connectivity index (χ1n) is 7.23. The van der Waals surface area contributed by atoms with E-state index in [4.69, 9.17) is 10.5 Å². The van der Waals surface area contributed by atoms with E-state index in [0.29, 0.717) is 24.3 Å². The summed E-state index contributed by atoms with van der Waals surface area (Å²) in [6, 6.07) is 4.97. The van der Waals surface area contributed by atoms with Gasteiger partial charge >= 0.3 is 0 Å². The largest absolute Gasteiger partial charge is 0.497 e. The van der Waals surface area contributed by atoms with Gasteiger partial charge in [0.15, 0.2) is 0 Å². The zero-order valence-corrected chi connectivity index (χ0v) is 14.1. The summed E-state index contributed by atoms with van der Waals surface area (Å²) in [5, 5.41) is 0. The molecule has 5 nitrogen and oxygen atoms in total. The number of sulfonamides is 1. The van der Waals surface area contributed by atoms with Gasteiger partial charge in [-0.3, -0.25) is 0 Å². The van der Waals surface area contributed by atoms with Crippen LogP contribution in [0.4, 0.5) is 0 Å². The van der Waals surface area contributed by atoms with Crippen LogP contribution in [0.3, 0.4) is 0 Å². The van der Waals surface area contributed by atoms with Gasteiger partial charge in [0.2, 0.25) is 10.0 Å². The number of hydrogen-bond donors (Lipinski definition) is 2. The van der Waals surface area contributed by atoms with Gasteiger partial charge in [0, 0.05) is 5.54 Å². The van der Waals surface area contributed by atoms with E-state index >= 15 is 0 Å². The summed E-state index contributed by atoms with van der Waals surface area (Å²) in [5.41, 5.74) is 5.82. The fraction of sp³-hybridized carbons (Fsp3) is 0.600. The lowest BCUT2D eigenvalue weighted by Crippen LogP contribution is -2.45. The molecule has 0 bridgehead atoms. The lowest BCUT2D eigenvalue weighted by atomic mass is 9.98. The van der Waals surface area contributed by atoms with Gasteiger partial charge in [-0.25, -0.2) is 13.1 Å². The Bertz CT molecular complexity index is 566. The van der Waals surface area contributed by atoms with Crippen LogP contribution in [-0.2, 0) is 16.4 Å². The van der Waals surface area contributed by atoms with Gasteiger partial charge in [0.05, 0.1) is 12.0 Å². The summed E-state index contributed by atoms with van der Waals surface area (Å²) in [6.45, 7) is 6.24. The number of nitrogens with one attached hydrogen (secondary N) is 1. The maximum Gasteiger partial charge on any atom is 0.241 e. The second-order valence-corrected chi connectivity index (χ2v) is 7.04. The highest BCUT2D eigenvalue weighted by molar-refractivity contribution is 7.89. The molecule has 0 aromatic heterocycles. The minimum absolute atomic E-state index is 0.280. The molecule has 21 heavy (non-hydrogen) atoms. The van der Waals surface area contributed by atoms with E-state index in [9.17, 15) is 8.42 Å². The number of hydrogen-bond acceptors (Lipinski definition) is 4. The molecule has 0 aliphatic heterocycles. The molecule has 0 radical (unpaired) electrons. The van der Waals surface area contributed by atoms with Gasteiger partial charge < -0.3 is 10.5 Å². The Morgan fingerprint density at radius 2 is 1.90 bits per heavy atom. The van der Waals surface area contributed by atoms with E-state index in [0.717, 1.165) is 12.8 Å².